The topological polar surface area (TPSA) is 104 Å². The average Bonchev–Trinajstić information content (AvgIpc) is 2.49. The predicted octanol–water partition coefficient (Wildman–Crippen LogP) is -0.278. The second-order valence-electron chi connectivity index (χ2n) is 5.19. The molecule has 0 unspecified atom stereocenters. The van der Waals surface area contributed by atoms with Crippen molar-refractivity contribution in [2.24, 2.45) is 0 Å². The van der Waals surface area contributed by atoms with Crippen LogP contribution in [0.1, 0.15) is 12.8 Å². The lowest BCUT2D eigenvalue weighted by molar-refractivity contribution is -0.179. The molecule has 7 heteroatoms. The summed E-state index contributed by atoms with van der Waals surface area (Å²) in [6.07, 6.45) is -3.17. The summed E-state index contributed by atoms with van der Waals surface area (Å²) in [6.45, 7) is -0.417. The molecule has 1 aliphatic heterocycles. The van der Waals surface area contributed by atoms with E-state index < -0.39 is 40.9 Å². The number of hydrogen-bond acceptors (Lipinski definition) is 6. The summed E-state index contributed by atoms with van der Waals surface area (Å²) in [5.74, 6) is -0.108. The summed E-state index contributed by atoms with van der Waals surface area (Å²) < 4.78 is 29.7. The molecular formula is C14H20O6S. The van der Waals surface area contributed by atoms with Crippen molar-refractivity contribution >= 4 is 9.84 Å². The van der Waals surface area contributed by atoms with E-state index in [2.05, 4.69) is 0 Å². The Morgan fingerprint density at radius 3 is 2.48 bits per heavy atom. The van der Waals surface area contributed by atoms with Crippen LogP contribution in [0.4, 0.5) is 0 Å². The fraction of sp³-hybridized carbons (Fsp3) is 0.571. The SMILES string of the molecule is O=S(=O)(CC[C@@H]1C[C@@H](O)[C@H](O)[C@@H](CO)O1)c1ccccc1. The number of aliphatic hydroxyl groups excluding tert-OH is 3. The molecule has 0 aromatic heterocycles. The Morgan fingerprint density at radius 2 is 1.86 bits per heavy atom. The molecule has 6 nitrogen and oxygen atoms in total. The van der Waals surface area contributed by atoms with E-state index in [1.165, 1.54) is 12.1 Å². The normalized spacial score (nSPS) is 30.2. The zero-order valence-electron chi connectivity index (χ0n) is 11.5. The summed E-state index contributed by atoms with van der Waals surface area (Å²) in [5, 5.41) is 28.4. The van der Waals surface area contributed by atoms with Crippen molar-refractivity contribution in [3.8, 4) is 0 Å². The van der Waals surface area contributed by atoms with Gasteiger partial charge in [0.25, 0.3) is 0 Å². The van der Waals surface area contributed by atoms with Crippen molar-refractivity contribution in [1.29, 1.82) is 0 Å². The summed E-state index contributed by atoms with van der Waals surface area (Å²) >= 11 is 0. The Kier molecular flexibility index (Phi) is 5.34. The molecule has 21 heavy (non-hydrogen) atoms. The van der Waals surface area contributed by atoms with Crippen molar-refractivity contribution in [3.63, 3.8) is 0 Å². The third-order valence-electron chi connectivity index (χ3n) is 3.64. The minimum absolute atomic E-state index is 0.108. The van der Waals surface area contributed by atoms with Crippen LogP contribution in [0.25, 0.3) is 0 Å². The molecule has 1 saturated heterocycles. The fourth-order valence-electron chi connectivity index (χ4n) is 2.41. The molecule has 2 rings (SSSR count). The molecule has 1 heterocycles. The van der Waals surface area contributed by atoms with Crippen LogP contribution in [-0.2, 0) is 14.6 Å². The largest absolute Gasteiger partial charge is 0.394 e. The standard InChI is InChI=1S/C14H20O6S/c15-9-13-14(17)12(16)8-10(20-13)6-7-21(18,19)11-4-2-1-3-5-11/h1-5,10,12-17H,6-9H2/t10-,12-,13-,14+/m1/s1. The van der Waals surface area contributed by atoms with Gasteiger partial charge in [0.1, 0.15) is 12.2 Å². The second kappa shape index (κ2) is 6.85. The first-order chi connectivity index (χ1) is 9.94. The molecule has 0 bridgehead atoms. The highest BCUT2D eigenvalue weighted by molar-refractivity contribution is 7.91. The monoisotopic (exact) mass is 316 g/mol. The molecule has 1 fully saturated rings. The van der Waals surface area contributed by atoms with Crippen LogP contribution in [-0.4, -0.2) is 60.5 Å². The van der Waals surface area contributed by atoms with Gasteiger partial charge in [-0.25, -0.2) is 8.42 Å². The maximum Gasteiger partial charge on any atom is 0.178 e. The van der Waals surface area contributed by atoms with E-state index in [0.717, 1.165) is 0 Å². The van der Waals surface area contributed by atoms with E-state index in [4.69, 9.17) is 9.84 Å². The Hall–Kier alpha value is -0.990. The summed E-state index contributed by atoms with van der Waals surface area (Å²) in [7, 11) is -3.40. The fourth-order valence-corrected chi connectivity index (χ4v) is 3.79. The molecule has 0 saturated carbocycles. The molecule has 0 aliphatic carbocycles. The Labute approximate surface area is 123 Å². The molecule has 1 aromatic carbocycles. The maximum atomic E-state index is 12.2. The number of aliphatic hydroxyl groups is 3. The lowest BCUT2D eigenvalue weighted by atomic mass is 9.97. The first-order valence-electron chi connectivity index (χ1n) is 6.84. The molecule has 0 spiro atoms. The Bertz CT molecular complexity index is 544. The maximum absolute atomic E-state index is 12.2. The van der Waals surface area contributed by atoms with Crippen LogP contribution in [0.15, 0.2) is 35.2 Å². The molecule has 0 radical (unpaired) electrons. The zero-order chi connectivity index (χ0) is 15.5. The molecule has 1 aliphatic rings. The second-order valence-corrected chi connectivity index (χ2v) is 7.30. The van der Waals surface area contributed by atoms with Crippen molar-refractivity contribution in [2.45, 2.75) is 42.2 Å². The van der Waals surface area contributed by atoms with Gasteiger partial charge >= 0.3 is 0 Å². The number of hydrogen-bond donors (Lipinski definition) is 3. The molecule has 0 amide bonds. The number of ether oxygens (including phenoxy) is 1. The minimum atomic E-state index is -3.40. The third kappa shape index (κ3) is 4.02. The van der Waals surface area contributed by atoms with Crippen molar-refractivity contribution < 1.29 is 28.5 Å². The van der Waals surface area contributed by atoms with E-state index in [-0.39, 0.29) is 23.5 Å². The zero-order valence-corrected chi connectivity index (χ0v) is 12.3. The van der Waals surface area contributed by atoms with Gasteiger partial charge in [-0.05, 0) is 18.6 Å². The molecule has 1 aromatic rings. The van der Waals surface area contributed by atoms with Crippen molar-refractivity contribution in [3.05, 3.63) is 30.3 Å². The van der Waals surface area contributed by atoms with Gasteiger partial charge < -0.3 is 20.1 Å². The van der Waals surface area contributed by atoms with Gasteiger partial charge in [0.05, 0.1) is 29.5 Å². The number of sulfone groups is 1. The van der Waals surface area contributed by atoms with Crippen molar-refractivity contribution in [2.75, 3.05) is 12.4 Å². The van der Waals surface area contributed by atoms with Gasteiger partial charge in [-0.3, -0.25) is 0 Å². The first-order valence-corrected chi connectivity index (χ1v) is 8.49. The van der Waals surface area contributed by atoms with Gasteiger partial charge in [0.15, 0.2) is 9.84 Å². The number of benzene rings is 1. The summed E-state index contributed by atoms with van der Waals surface area (Å²) in [6, 6.07) is 8.13. The third-order valence-corrected chi connectivity index (χ3v) is 5.40. The van der Waals surface area contributed by atoms with E-state index in [1.54, 1.807) is 18.2 Å². The van der Waals surface area contributed by atoms with Gasteiger partial charge in [-0.2, -0.15) is 0 Å². The van der Waals surface area contributed by atoms with Crippen LogP contribution in [0.3, 0.4) is 0 Å². The quantitative estimate of drug-likeness (QED) is 0.690. The highest BCUT2D eigenvalue weighted by atomic mass is 32.2. The van der Waals surface area contributed by atoms with Crippen LogP contribution in [0.2, 0.25) is 0 Å². The molecule has 4 atom stereocenters. The van der Waals surface area contributed by atoms with E-state index in [9.17, 15) is 18.6 Å². The van der Waals surface area contributed by atoms with Crippen LogP contribution in [0, 0.1) is 0 Å². The Balaban J connectivity index is 1.97. The first kappa shape index (κ1) is 16.4. The van der Waals surface area contributed by atoms with Gasteiger partial charge in [-0.1, -0.05) is 18.2 Å². The van der Waals surface area contributed by atoms with Gasteiger partial charge in [0, 0.05) is 6.42 Å². The average molecular weight is 316 g/mol. The lowest BCUT2D eigenvalue weighted by Gasteiger charge is -2.36. The molecule has 118 valence electrons. The highest BCUT2D eigenvalue weighted by Crippen LogP contribution is 2.23. The van der Waals surface area contributed by atoms with E-state index in [0.29, 0.717) is 0 Å². The van der Waals surface area contributed by atoms with Crippen molar-refractivity contribution in [1.82, 2.24) is 0 Å². The molecular weight excluding hydrogens is 296 g/mol. The van der Waals surface area contributed by atoms with Crippen LogP contribution in [0.5, 0.6) is 0 Å². The van der Waals surface area contributed by atoms with Gasteiger partial charge in [0.2, 0.25) is 0 Å². The molecule has 3 N–H and O–H groups in total. The van der Waals surface area contributed by atoms with Crippen LogP contribution >= 0.6 is 0 Å². The minimum Gasteiger partial charge on any atom is -0.394 e. The predicted molar refractivity (Wildman–Crippen MR) is 75.5 cm³/mol. The Morgan fingerprint density at radius 1 is 1.19 bits per heavy atom. The smallest absolute Gasteiger partial charge is 0.178 e. The summed E-state index contributed by atoms with van der Waals surface area (Å²) in [5.41, 5.74) is 0. The lowest BCUT2D eigenvalue weighted by Crippen LogP contribution is -2.50. The van der Waals surface area contributed by atoms with Gasteiger partial charge in [-0.15, -0.1) is 0 Å². The highest BCUT2D eigenvalue weighted by Gasteiger charge is 2.36. The number of rotatable bonds is 5. The summed E-state index contributed by atoms with van der Waals surface area (Å²) in [4.78, 5) is 0.250. The van der Waals surface area contributed by atoms with E-state index >= 15 is 0 Å². The van der Waals surface area contributed by atoms with E-state index in [1.807, 2.05) is 0 Å². The van der Waals surface area contributed by atoms with Crippen LogP contribution < -0.4 is 0 Å².